The molecule has 2 atom stereocenters. The molecule has 2 aliphatic heterocycles. The van der Waals surface area contributed by atoms with E-state index in [0.29, 0.717) is 11.8 Å². The molecule has 7 heteroatoms. The van der Waals surface area contributed by atoms with E-state index in [4.69, 9.17) is 11.6 Å². The van der Waals surface area contributed by atoms with Crippen LogP contribution in [0.1, 0.15) is 37.1 Å². The highest BCUT2D eigenvalue weighted by Crippen LogP contribution is 2.45. The molecule has 3 aliphatic rings. The molecule has 1 aliphatic carbocycles. The fourth-order valence-electron chi connectivity index (χ4n) is 4.16. The SMILES string of the molecule is CC[C@@H]1S[C@@H](c2ccccc2Cl)N(CC[NH+]2CCN(C(=O)C3CC3)CC2)C1=O. The molecular weight excluding hydrogens is 394 g/mol. The molecule has 2 saturated heterocycles. The van der Waals surface area contributed by atoms with E-state index in [0.717, 1.165) is 69.1 Å². The van der Waals surface area contributed by atoms with Crippen LogP contribution in [0.2, 0.25) is 5.02 Å². The van der Waals surface area contributed by atoms with Crippen molar-refractivity contribution < 1.29 is 14.5 Å². The summed E-state index contributed by atoms with van der Waals surface area (Å²) in [5, 5.41) is 0.752. The van der Waals surface area contributed by atoms with Crippen molar-refractivity contribution in [2.75, 3.05) is 39.3 Å². The lowest BCUT2D eigenvalue weighted by Crippen LogP contribution is -3.15. The lowest BCUT2D eigenvalue weighted by Gasteiger charge is -2.34. The lowest BCUT2D eigenvalue weighted by molar-refractivity contribution is -0.903. The third kappa shape index (κ3) is 4.19. The third-order valence-electron chi connectivity index (χ3n) is 6.09. The highest BCUT2D eigenvalue weighted by molar-refractivity contribution is 8.01. The Morgan fingerprint density at radius 2 is 1.96 bits per heavy atom. The standard InChI is InChI=1S/C21H28ClN3O2S/c1-2-18-20(27)25(21(28-18)16-5-3-4-6-17(16)22)14-11-23-9-12-24(13-10-23)19(26)15-7-8-15/h3-6,15,18,21H,2,7-14H2,1H3/p+1/t18-,21-/m0/s1. The molecule has 0 bridgehead atoms. The van der Waals surface area contributed by atoms with Gasteiger partial charge in [-0.15, -0.1) is 11.8 Å². The number of piperazine rings is 1. The van der Waals surface area contributed by atoms with E-state index in [-0.39, 0.29) is 16.5 Å². The van der Waals surface area contributed by atoms with Crippen LogP contribution in [-0.2, 0) is 9.59 Å². The molecule has 4 rings (SSSR count). The number of nitrogens with one attached hydrogen (secondary N) is 1. The van der Waals surface area contributed by atoms with Gasteiger partial charge in [0, 0.05) is 16.5 Å². The van der Waals surface area contributed by atoms with Gasteiger partial charge in [0.1, 0.15) is 5.37 Å². The fraction of sp³-hybridized carbons (Fsp3) is 0.619. The summed E-state index contributed by atoms with van der Waals surface area (Å²) in [6.07, 6.45) is 2.99. The third-order valence-corrected chi connectivity index (χ3v) is 8.07. The number of nitrogens with zero attached hydrogens (tertiary/aromatic N) is 2. The van der Waals surface area contributed by atoms with Crippen molar-refractivity contribution in [2.24, 2.45) is 5.92 Å². The van der Waals surface area contributed by atoms with Crippen LogP contribution in [0.15, 0.2) is 24.3 Å². The van der Waals surface area contributed by atoms with E-state index < -0.39 is 0 Å². The van der Waals surface area contributed by atoms with Crippen molar-refractivity contribution >= 4 is 35.2 Å². The van der Waals surface area contributed by atoms with E-state index in [1.165, 1.54) is 4.90 Å². The second-order valence-corrected chi connectivity index (χ2v) is 9.73. The summed E-state index contributed by atoms with van der Waals surface area (Å²) in [4.78, 5) is 30.7. The zero-order valence-corrected chi connectivity index (χ0v) is 18.0. The molecule has 1 N–H and O–H groups in total. The van der Waals surface area contributed by atoms with E-state index >= 15 is 0 Å². The van der Waals surface area contributed by atoms with Crippen molar-refractivity contribution in [2.45, 2.75) is 36.8 Å². The fourth-order valence-corrected chi connectivity index (χ4v) is 5.93. The van der Waals surface area contributed by atoms with Crippen LogP contribution in [0, 0.1) is 5.92 Å². The number of benzene rings is 1. The molecule has 0 spiro atoms. The molecular formula is C21H29ClN3O2S+. The predicted octanol–water partition coefficient (Wildman–Crippen LogP) is 1.83. The van der Waals surface area contributed by atoms with Crippen LogP contribution < -0.4 is 4.90 Å². The lowest BCUT2D eigenvalue weighted by atomic mass is 10.2. The van der Waals surface area contributed by atoms with Crippen molar-refractivity contribution in [1.82, 2.24) is 9.80 Å². The maximum absolute atomic E-state index is 12.9. The number of quaternary nitrogens is 1. The summed E-state index contributed by atoms with van der Waals surface area (Å²) >= 11 is 8.16. The minimum Gasteiger partial charge on any atom is -0.331 e. The molecule has 0 unspecified atom stereocenters. The highest BCUT2D eigenvalue weighted by Gasteiger charge is 2.41. The zero-order chi connectivity index (χ0) is 19.7. The Hall–Kier alpha value is -1.24. The second kappa shape index (κ2) is 8.64. The van der Waals surface area contributed by atoms with Gasteiger partial charge in [0.15, 0.2) is 0 Å². The minimum absolute atomic E-state index is 0.00304. The van der Waals surface area contributed by atoms with Crippen LogP contribution in [0.5, 0.6) is 0 Å². The van der Waals surface area contributed by atoms with Crippen molar-refractivity contribution in [3.63, 3.8) is 0 Å². The number of carbonyl (C=O) groups excluding carboxylic acids is 2. The highest BCUT2D eigenvalue weighted by atomic mass is 35.5. The summed E-state index contributed by atoms with van der Waals surface area (Å²) in [5.74, 6) is 0.900. The molecule has 152 valence electrons. The van der Waals surface area contributed by atoms with Gasteiger partial charge in [0.25, 0.3) is 0 Å². The summed E-state index contributed by atoms with van der Waals surface area (Å²) in [6.45, 7) is 7.38. The molecule has 0 aromatic heterocycles. The molecule has 5 nitrogen and oxygen atoms in total. The Balaban J connectivity index is 1.36. The zero-order valence-electron chi connectivity index (χ0n) is 16.4. The van der Waals surface area contributed by atoms with Crippen molar-refractivity contribution in [3.8, 4) is 0 Å². The summed E-state index contributed by atoms with van der Waals surface area (Å²) in [7, 11) is 0. The van der Waals surface area contributed by atoms with Gasteiger partial charge >= 0.3 is 0 Å². The number of hydrogen-bond acceptors (Lipinski definition) is 3. The molecule has 0 radical (unpaired) electrons. The van der Waals surface area contributed by atoms with Gasteiger partial charge < -0.3 is 14.7 Å². The van der Waals surface area contributed by atoms with Gasteiger partial charge in [-0.2, -0.15) is 0 Å². The Kier molecular flexibility index (Phi) is 6.18. The first kappa shape index (κ1) is 20.0. The van der Waals surface area contributed by atoms with Gasteiger partial charge in [-0.3, -0.25) is 9.59 Å². The first-order valence-electron chi connectivity index (χ1n) is 10.4. The average Bonchev–Trinajstić information content (AvgIpc) is 3.51. The largest absolute Gasteiger partial charge is 0.331 e. The molecule has 1 aromatic carbocycles. The monoisotopic (exact) mass is 422 g/mol. The van der Waals surface area contributed by atoms with Crippen molar-refractivity contribution in [3.05, 3.63) is 34.9 Å². The summed E-state index contributed by atoms with van der Waals surface area (Å²) in [5.41, 5.74) is 1.04. The smallest absolute Gasteiger partial charge is 0.237 e. The molecule has 1 saturated carbocycles. The molecule has 2 amide bonds. The first-order chi connectivity index (χ1) is 13.6. The number of halogens is 1. The summed E-state index contributed by atoms with van der Waals surface area (Å²) in [6, 6.07) is 7.86. The Morgan fingerprint density at radius 3 is 2.61 bits per heavy atom. The topological polar surface area (TPSA) is 45.1 Å². The van der Waals surface area contributed by atoms with Gasteiger partial charge in [-0.05, 0) is 25.3 Å². The van der Waals surface area contributed by atoms with E-state index in [9.17, 15) is 9.59 Å². The Morgan fingerprint density at radius 1 is 1.25 bits per heavy atom. The van der Waals surface area contributed by atoms with Crippen LogP contribution in [0.4, 0.5) is 0 Å². The van der Waals surface area contributed by atoms with Crippen LogP contribution in [0.3, 0.4) is 0 Å². The number of hydrogen-bond donors (Lipinski definition) is 1. The van der Waals surface area contributed by atoms with Gasteiger partial charge in [0.05, 0.1) is 44.5 Å². The molecule has 28 heavy (non-hydrogen) atoms. The quantitative estimate of drug-likeness (QED) is 0.760. The van der Waals surface area contributed by atoms with Crippen LogP contribution in [0.25, 0.3) is 0 Å². The number of rotatable bonds is 6. The van der Waals surface area contributed by atoms with Gasteiger partial charge in [-0.1, -0.05) is 36.7 Å². The van der Waals surface area contributed by atoms with E-state index in [2.05, 4.69) is 6.92 Å². The minimum atomic E-state index is 0.00304. The Bertz CT molecular complexity index is 734. The maximum atomic E-state index is 12.9. The summed E-state index contributed by atoms with van der Waals surface area (Å²) < 4.78 is 0. The molecule has 2 heterocycles. The van der Waals surface area contributed by atoms with E-state index in [1.54, 1.807) is 11.8 Å². The Labute approximate surface area is 176 Å². The van der Waals surface area contributed by atoms with Gasteiger partial charge in [0.2, 0.25) is 11.8 Å². The second-order valence-electron chi connectivity index (χ2n) is 8.04. The number of amides is 2. The molecule has 1 aromatic rings. The van der Waals surface area contributed by atoms with Crippen LogP contribution >= 0.6 is 23.4 Å². The maximum Gasteiger partial charge on any atom is 0.237 e. The molecule has 3 fully saturated rings. The normalized spacial score (nSPS) is 26.1. The number of thioether (sulfide) groups is 1. The van der Waals surface area contributed by atoms with Crippen LogP contribution in [-0.4, -0.2) is 66.1 Å². The first-order valence-corrected chi connectivity index (χ1v) is 11.7. The average molecular weight is 423 g/mol. The number of carbonyl (C=O) groups is 2. The predicted molar refractivity (Wildman–Crippen MR) is 112 cm³/mol. The van der Waals surface area contributed by atoms with E-state index in [1.807, 2.05) is 34.1 Å². The van der Waals surface area contributed by atoms with Gasteiger partial charge in [-0.25, -0.2) is 0 Å². The van der Waals surface area contributed by atoms with Crippen molar-refractivity contribution in [1.29, 1.82) is 0 Å².